The van der Waals surface area contributed by atoms with Gasteiger partial charge in [-0.1, -0.05) is 35.9 Å². The summed E-state index contributed by atoms with van der Waals surface area (Å²) in [5.74, 6) is -0.574. The van der Waals surface area contributed by atoms with E-state index >= 15 is 0 Å². The fourth-order valence-corrected chi connectivity index (χ4v) is 2.53. The second-order valence-corrected chi connectivity index (χ2v) is 5.76. The molecule has 0 aromatic heterocycles. The van der Waals surface area contributed by atoms with Gasteiger partial charge in [-0.2, -0.15) is 0 Å². The zero-order chi connectivity index (χ0) is 16.1. The van der Waals surface area contributed by atoms with Crippen LogP contribution < -0.4 is 10.6 Å². The largest absolute Gasteiger partial charge is 0.396 e. The molecule has 5 nitrogen and oxygen atoms in total. The molecule has 0 bridgehead atoms. The fourth-order valence-electron chi connectivity index (χ4n) is 2.31. The van der Waals surface area contributed by atoms with Gasteiger partial charge in [-0.05, 0) is 25.5 Å². The van der Waals surface area contributed by atoms with E-state index < -0.39 is 6.04 Å². The van der Waals surface area contributed by atoms with E-state index in [1.54, 1.807) is 31.2 Å². The summed E-state index contributed by atoms with van der Waals surface area (Å²) in [7, 11) is 0. The van der Waals surface area contributed by atoms with Crippen molar-refractivity contribution in [1.82, 2.24) is 10.6 Å². The lowest BCUT2D eigenvalue weighted by atomic mass is 10.1. The van der Waals surface area contributed by atoms with Crippen molar-refractivity contribution in [3.63, 3.8) is 0 Å². The predicted octanol–water partition coefficient (Wildman–Crippen LogP) is 1.51. The zero-order valence-corrected chi connectivity index (χ0v) is 13.0. The van der Waals surface area contributed by atoms with Crippen molar-refractivity contribution in [3.05, 3.63) is 47.0 Å². The van der Waals surface area contributed by atoms with Crippen LogP contribution in [0.3, 0.4) is 0 Å². The highest BCUT2D eigenvalue weighted by Crippen LogP contribution is 2.17. The van der Waals surface area contributed by atoms with Crippen LogP contribution in [0.5, 0.6) is 0 Å². The lowest BCUT2D eigenvalue weighted by Crippen LogP contribution is -2.47. The number of carbonyl (C=O) groups excluding carboxylic acids is 2. The number of hydrogen-bond acceptors (Lipinski definition) is 3. The molecule has 0 spiro atoms. The molecule has 0 heterocycles. The van der Waals surface area contributed by atoms with Gasteiger partial charge in [0.25, 0.3) is 5.91 Å². The SMILES string of the molecule is CC(NC(=O)c1ccccc1Cl)C(=O)N[C@@H]1C=C[C@H](CO)C1. The van der Waals surface area contributed by atoms with Crippen LogP contribution in [0.1, 0.15) is 23.7 Å². The van der Waals surface area contributed by atoms with Gasteiger partial charge < -0.3 is 15.7 Å². The predicted molar refractivity (Wildman–Crippen MR) is 84.6 cm³/mol. The average Bonchev–Trinajstić information content (AvgIpc) is 2.95. The van der Waals surface area contributed by atoms with E-state index in [1.165, 1.54) is 0 Å². The second-order valence-electron chi connectivity index (χ2n) is 5.35. The summed E-state index contributed by atoms with van der Waals surface area (Å²) in [6.45, 7) is 1.69. The first-order chi connectivity index (χ1) is 10.5. The first-order valence-electron chi connectivity index (χ1n) is 7.16. The van der Waals surface area contributed by atoms with Crippen molar-refractivity contribution < 1.29 is 14.7 Å². The van der Waals surface area contributed by atoms with E-state index in [0.717, 1.165) is 0 Å². The minimum Gasteiger partial charge on any atom is -0.396 e. The molecule has 1 aromatic rings. The van der Waals surface area contributed by atoms with Gasteiger partial charge in [0.2, 0.25) is 5.91 Å². The molecule has 0 aliphatic heterocycles. The molecular formula is C16H19ClN2O3. The Morgan fingerprint density at radius 2 is 2.09 bits per heavy atom. The van der Waals surface area contributed by atoms with Gasteiger partial charge in [-0.25, -0.2) is 0 Å². The molecule has 1 unspecified atom stereocenters. The van der Waals surface area contributed by atoms with E-state index in [4.69, 9.17) is 16.7 Å². The molecule has 1 aromatic carbocycles. The summed E-state index contributed by atoms with van der Waals surface area (Å²) in [5, 5.41) is 14.9. The molecule has 0 fully saturated rings. The number of nitrogens with one attached hydrogen (secondary N) is 2. The minimum atomic E-state index is -0.676. The maximum absolute atomic E-state index is 12.1. The van der Waals surface area contributed by atoms with Crippen LogP contribution in [0, 0.1) is 5.92 Å². The number of halogens is 1. The van der Waals surface area contributed by atoms with Crippen molar-refractivity contribution in [2.24, 2.45) is 5.92 Å². The Bertz CT molecular complexity index is 589. The third-order valence-corrected chi connectivity index (χ3v) is 3.92. The summed E-state index contributed by atoms with van der Waals surface area (Å²) < 4.78 is 0. The van der Waals surface area contributed by atoms with Crippen molar-refractivity contribution >= 4 is 23.4 Å². The molecule has 0 saturated heterocycles. The van der Waals surface area contributed by atoms with E-state index in [-0.39, 0.29) is 30.4 Å². The quantitative estimate of drug-likeness (QED) is 0.719. The van der Waals surface area contributed by atoms with Crippen LogP contribution in [-0.4, -0.2) is 35.6 Å². The van der Waals surface area contributed by atoms with E-state index in [0.29, 0.717) is 17.0 Å². The monoisotopic (exact) mass is 322 g/mol. The van der Waals surface area contributed by atoms with E-state index in [1.807, 2.05) is 12.2 Å². The normalized spacial score (nSPS) is 21.4. The van der Waals surface area contributed by atoms with Crippen LogP contribution in [0.15, 0.2) is 36.4 Å². The number of aliphatic hydroxyl groups is 1. The van der Waals surface area contributed by atoms with Crippen LogP contribution in [0.25, 0.3) is 0 Å². The third kappa shape index (κ3) is 4.08. The highest BCUT2D eigenvalue weighted by atomic mass is 35.5. The summed E-state index contributed by atoms with van der Waals surface area (Å²) in [5.41, 5.74) is 0.338. The van der Waals surface area contributed by atoms with Crippen LogP contribution in [-0.2, 0) is 4.79 Å². The zero-order valence-electron chi connectivity index (χ0n) is 12.3. The van der Waals surface area contributed by atoms with Crippen molar-refractivity contribution in [2.75, 3.05) is 6.61 Å². The average molecular weight is 323 g/mol. The van der Waals surface area contributed by atoms with Gasteiger partial charge in [-0.15, -0.1) is 0 Å². The summed E-state index contributed by atoms with van der Waals surface area (Å²) in [4.78, 5) is 24.2. The van der Waals surface area contributed by atoms with E-state index in [9.17, 15) is 9.59 Å². The van der Waals surface area contributed by atoms with E-state index in [2.05, 4.69) is 10.6 Å². The standard InChI is InChI=1S/C16H19ClN2O3/c1-10(15(21)19-12-7-6-11(8-12)9-20)18-16(22)13-4-2-3-5-14(13)17/h2-7,10-12,20H,8-9H2,1H3,(H,18,22)(H,19,21)/t10?,11-,12+/m0/s1. The number of aliphatic hydroxyl groups excluding tert-OH is 1. The maximum atomic E-state index is 12.1. The highest BCUT2D eigenvalue weighted by Gasteiger charge is 2.23. The van der Waals surface area contributed by atoms with Gasteiger partial charge in [0.05, 0.1) is 10.6 Å². The summed E-state index contributed by atoms with van der Waals surface area (Å²) >= 11 is 5.96. The molecule has 1 aliphatic rings. The number of benzene rings is 1. The van der Waals surface area contributed by atoms with Crippen molar-refractivity contribution in [2.45, 2.75) is 25.4 Å². The fraction of sp³-hybridized carbons (Fsp3) is 0.375. The summed E-state index contributed by atoms with van der Waals surface area (Å²) in [6, 6.07) is 5.89. The smallest absolute Gasteiger partial charge is 0.253 e. The molecule has 1 aliphatic carbocycles. The van der Waals surface area contributed by atoms with Crippen LogP contribution in [0.2, 0.25) is 5.02 Å². The Morgan fingerprint density at radius 1 is 1.36 bits per heavy atom. The number of hydrogen-bond donors (Lipinski definition) is 3. The number of carbonyl (C=O) groups is 2. The molecular weight excluding hydrogens is 304 g/mol. The summed E-state index contributed by atoms with van der Waals surface area (Å²) in [6.07, 6.45) is 4.42. The van der Waals surface area contributed by atoms with Crippen molar-refractivity contribution in [3.8, 4) is 0 Å². The molecule has 118 valence electrons. The highest BCUT2D eigenvalue weighted by molar-refractivity contribution is 6.33. The first-order valence-corrected chi connectivity index (χ1v) is 7.54. The Labute approximate surface area is 134 Å². The lowest BCUT2D eigenvalue weighted by Gasteiger charge is -2.18. The molecule has 2 rings (SSSR count). The van der Waals surface area contributed by atoms with Gasteiger partial charge in [0, 0.05) is 18.6 Å². The van der Waals surface area contributed by atoms with Gasteiger partial charge in [-0.3, -0.25) is 9.59 Å². The second kappa shape index (κ2) is 7.42. The number of amides is 2. The molecule has 3 atom stereocenters. The third-order valence-electron chi connectivity index (χ3n) is 3.59. The Kier molecular flexibility index (Phi) is 5.57. The molecule has 0 saturated carbocycles. The molecule has 2 amide bonds. The minimum absolute atomic E-state index is 0.0711. The molecule has 6 heteroatoms. The van der Waals surface area contributed by atoms with Gasteiger partial charge >= 0.3 is 0 Å². The number of rotatable bonds is 5. The lowest BCUT2D eigenvalue weighted by molar-refractivity contribution is -0.123. The Morgan fingerprint density at radius 3 is 2.73 bits per heavy atom. The molecule has 22 heavy (non-hydrogen) atoms. The molecule has 3 N–H and O–H groups in total. The van der Waals surface area contributed by atoms with Crippen molar-refractivity contribution in [1.29, 1.82) is 0 Å². The van der Waals surface area contributed by atoms with Crippen LogP contribution in [0.4, 0.5) is 0 Å². The first kappa shape index (κ1) is 16.5. The molecule has 0 radical (unpaired) electrons. The topological polar surface area (TPSA) is 78.4 Å². The van der Waals surface area contributed by atoms with Gasteiger partial charge in [0.1, 0.15) is 6.04 Å². The Hall–Kier alpha value is -1.85. The van der Waals surface area contributed by atoms with Crippen LogP contribution >= 0.6 is 11.6 Å². The Balaban J connectivity index is 1.88. The van der Waals surface area contributed by atoms with Gasteiger partial charge in [0.15, 0.2) is 0 Å². The maximum Gasteiger partial charge on any atom is 0.253 e.